The molecule has 19 heavy (non-hydrogen) atoms. The van der Waals surface area contributed by atoms with Crippen molar-refractivity contribution in [1.29, 1.82) is 0 Å². The van der Waals surface area contributed by atoms with Gasteiger partial charge in [-0.15, -0.1) is 0 Å². The fourth-order valence-electron chi connectivity index (χ4n) is 2.72. The van der Waals surface area contributed by atoms with Crippen LogP contribution in [0.25, 0.3) is 0 Å². The van der Waals surface area contributed by atoms with Crippen molar-refractivity contribution in [2.24, 2.45) is 0 Å². The maximum atomic E-state index is 13.2. The number of nitrogens with zero attached hydrogens (tertiary/aromatic N) is 1. The summed E-state index contributed by atoms with van der Waals surface area (Å²) in [5.74, 6) is -0.256. The summed E-state index contributed by atoms with van der Waals surface area (Å²) < 4.78 is 13.7. The van der Waals surface area contributed by atoms with Gasteiger partial charge in [0.2, 0.25) is 0 Å². The fraction of sp³-hybridized carbons (Fsp3) is 0.600. The Labute approximate surface area is 122 Å². The van der Waals surface area contributed by atoms with Gasteiger partial charge >= 0.3 is 0 Å². The van der Waals surface area contributed by atoms with Crippen molar-refractivity contribution < 1.29 is 9.50 Å². The number of rotatable bonds is 4. The van der Waals surface area contributed by atoms with Crippen LogP contribution in [0.4, 0.5) is 4.39 Å². The minimum absolute atomic E-state index is 0.256. The lowest BCUT2D eigenvalue weighted by Crippen LogP contribution is -2.45. The maximum absolute atomic E-state index is 13.2. The molecule has 0 radical (unpaired) electrons. The van der Waals surface area contributed by atoms with Gasteiger partial charge in [-0.3, -0.25) is 0 Å². The molecule has 0 amide bonds. The van der Waals surface area contributed by atoms with Crippen LogP contribution in [0.3, 0.4) is 0 Å². The van der Waals surface area contributed by atoms with Gasteiger partial charge in [0.05, 0.1) is 10.1 Å². The predicted molar refractivity (Wildman–Crippen MR) is 78.7 cm³/mol. The minimum atomic E-state index is -0.637. The summed E-state index contributed by atoms with van der Waals surface area (Å²) in [7, 11) is 0. The van der Waals surface area contributed by atoms with Gasteiger partial charge in [-0.05, 0) is 59.4 Å². The zero-order valence-electron chi connectivity index (χ0n) is 11.3. The zero-order chi connectivity index (χ0) is 13.9. The van der Waals surface area contributed by atoms with Gasteiger partial charge in [-0.25, -0.2) is 4.39 Å². The van der Waals surface area contributed by atoms with Crippen LogP contribution in [0.2, 0.25) is 0 Å². The SMILES string of the molecule is CCCN1CCC(O)(Cc2ccc(F)c(Br)c2)CC1. The van der Waals surface area contributed by atoms with E-state index in [0.717, 1.165) is 44.5 Å². The summed E-state index contributed by atoms with van der Waals surface area (Å²) in [6.07, 6.45) is 3.35. The molecule has 1 aromatic carbocycles. The highest BCUT2D eigenvalue weighted by molar-refractivity contribution is 9.10. The second kappa shape index (κ2) is 6.33. The van der Waals surface area contributed by atoms with Crippen LogP contribution >= 0.6 is 15.9 Å². The number of hydrogen-bond donors (Lipinski definition) is 1. The normalized spacial score (nSPS) is 19.6. The molecule has 0 spiro atoms. The molecule has 106 valence electrons. The minimum Gasteiger partial charge on any atom is -0.389 e. The quantitative estimate of drug-likeness (QED) is 0.915. The first-order valence-corrected chi connectivity index (χ1v) is 7.70. The lowest BCUT2D eigenvalue weighted by atomic mass is 9.85. The van der Waals surface area contributed by atoms with Crippen molar-refractivity contribution in [2.75, 3.05) is 19.6 Å². The number of likely N-dealkylation sites (tertiary alicyclic amines) is 1. The summed E-state index contributed by atoms with van der Waals surface area (Å²) in [6, 6.07) is 4.98. The number of halogens is 2. The number of aliphatic hydroxyl groups is 1. The fourth-order valence-corrected chi connectivity index (χ4v) is 3.14. The Balaban J connectivity index is 1.96. The molecule has 2 rings (SSSR count). The van der Waals surface area contributed by atoms with Crippen LogP contribution in [0.5, 0.6) is 0 Å². The second-order valence-electron chi connectivity index (χ2n) is 5.49. The highest BCUT2D eigenvalue weighted by Gasteiger charge is 2.32. The molecule has 1 aliphatic rings. The highest BCUT2D eigenvalue weighted by Crippen LogP contribution is 2.28. The maximum Gasteiger partial charge on any atom is 0.137 e. The molecular formula is C15H21BrFNO. The van der Waals surface area contributed by atoms with Gasteiger partial charge < -0.3 is 10.0 Å². The van der Waals surface area contributed by atoms with Crippen molar-refractivity contribution in [1.82, 2.24) is 4.90 Å². The Morgan fingerprint density at radius 2 is 2.05 bits per heavy atom. The van der Waals surface area contributed by atoms with Crippen molar-refractivity contribution >= 4 is 15.9 Å². The van der Waals surface area contributed by atoms with Crippen LogP contribution in [-0.4, -0.2) is 35.2 Å². The molecule has 0 bridgehead atoms. The van der Waals surface area contributed by atoms with Gasteiger partial charge in [0.15, 0.2) is 0 Å². The molecule has 0 aromatic heterocycles. The number of hydrogen-bond acceptors (Lipinski definition) is 2. The second-order valence-corrected chi connectivity index (χ2v) is 6.35. The van der Waals surface area contributed by atoms with E-state index in [9.17, 15) is 9.50 Å². The molecule has 0 aliphatic carbocycles. The zero-order valence-corrected chi connectivity index (χ0v) is 12.9. The third-order valence-corrected chi connectivity index (χ3v) is 4.45. The molecule has 1 fully saturated rings. The molecule has 1 aliphatic heterocycles. The standard InChI is InChI=1S/C15H21BrFNO/c1-2-7-18-8-5-15(19,6-9-18)11-12-3-4-14(17)13(16)10-12/h3-4,10,19H,2,5-9,11H2,1H3. The van der Waals surface area contributed by atoms with E-state index < -0.39 is 5.60 Å². The molecule has 0 saturated carbocycles. The molecule has 2 nitrogen and oxygen atoms in total. The van der Waals surface area contributed by atoms with E-state index in [2.05, 4.69) is 27.8 Å². The van der Waals surface area contributed by atoms with E-state index in [-0.39, 0.29) is 5.82 Å². The van der Waals surface area contributed by atoms with Crippen molar-refractivity contribution in [3.63, 3.8) is 0 Å². The monoisotopic (exact) mass is 329 g/mol. The molecule has 0 unspecified atom stereocenters. The molecule has 1 aromatic rings. The van der Waals surface area contributed by atoms with E-state index in [0.29, 0.717) is 10.9 Å². The Bertz CT molecular complexity index is 430. The van der Waals surface area contributed by atoms with E-state index in [4.69, 9.17) is 0 Å². The molecular weight excluding hydrogens is 309 g/mol. The van der Waals surface area contributed by atoms with Crippen molar-refractivity contribution in [2.45, 2.75) is 38.2 Å². The average Bonchev–Trinajstić information content (AvgIpc) is 2.37. The Kier molecular flexibility index (Phi) is 4.98. The summed E-state index contributed by atoms with van der Waals surface area (Å²) in [5, 5.41) is 10.6. The number of benzene rings is 1. The van der Waals surface area contributed by atoms with Gasteiger partial charge in [0.25, 0.3) is 0 Å². The Morgan fingerprint density at radius 3 is 2.63 bits per heavy atom. The van der Waals surface area contributed by atoms with Crippen LogP contribution < -0.4 is 0 Å². The summed E-state index contributed by atoms with van der Waals surface area (Å²) in [4.78, 5) is 2.40. The van der Waals surface area contributed by atoms with Gasteiger partial charge in [-0.2, -0.15) is 0 Å². The van der Waals surface area contributed by atoms with E-state index >= 15 is 0 Å². The van der Waals surface area contributed by atoms with Gasteiger partial charge in [0, 0.05) is 19.5 Å². The Hall–Kier alpha value is -0.450. The van der Waals surface area contributed by atoms with Crippen molar-refractivity contribution in [3.8, 4) is 0 Å². The summed E-state index contributed by atoms with van der Waals surface area (Å²) in [5.41, 5.74) is 0.348. The smallest absolute Gasteiger partial charge is 0.137 e. The molecule has 0 atom stereocenters. The summed E-state index contributed by atoms with van der Waals surface area (Å²) >= 11 is 3.19. The first-order valence-electron chi connectivity index (χ1n) is 6.91. The van der Waals surface area contributed by atoms with E-state index in [1.165, 1.54) is 6.07 Å². The van der Waals surface area contributed by atoms with E-state index in [1.807, 2.05) is 0 Å². The van der Waals surface area contributed by atoms with Crippen LogP contribution in [0, 0.1) is 5.82 Å². The number of piperidine rings is 1. The third kappa shape index (κ3) is 4.01. The average molecular weight is 330 g/mol. The van der Waals surface area contributed by atoms with Crippen molar-refractivity contribution in [3.05, 3.63) is 34.1 Å². The lowest BCUT2D eigenvalue weighted by Gasteiger charge is -2.38. The van der Waals surface area contributed by atoms with Gasteiger partial charge in [0.1, 0.15) is 5.82 Å². The van der Waals surface area contributed by atoms with Gasteiger partial charge in [-0.1, -0.05) is 13.0 Å². The Morgan fingerprint density at radius 1 is 1.37 bits per heavy atom. The third-order valence-electron chi connectivity index (χ3n) is 3.84. The van der Waals surface area contributed by atoms with Crippen LogP contribution in [-0.2, 0) is 6.42 Å². The first kappa shape index (κ1) is 14.9. The van der Waals surface area contributed by atoms with Crippen LogP contribution in [0.1, 0.15) is 31.7 Å². The highest BCUT2D eigenvalue weighted by atomic mass is 79.9. The van der Waals surface area contributed by atoms with Crippen LogP contribution in [0.15, 0.2) is 22.7 Å². The summed E-state index contributed by atoms with van der Waals surface area (Å²) in [6.45, 7) is 5.19. The molecule has 1 N–H and O–H groups in total. The molecule has 4 heteroatoms. The molecule has 1 saturated heterocycles. The molecule has 1 heterocycles. The van der Waals surface area contributed by atoms with E-state index in [1.54, 1.807) is 12.1 Å². The largest absolute Gasteiger partial charge is 0.389 e. The predicted octanol–water partition coefficient (Wildman–Crippen LogP) is 3.37. The topological polar surface area (TPSA) is 23.5 Å². The first-order chi connectivity index (χ1) is 9.02. The lowest BCUT2D eigenvalue weighted by molar-refractivity contribution is -0.0205.